The minimum atomic E-state index is -0.249. The molecular weight excluding hydrogens is 442 g/mol. The molecule has 0 unspecified atom stereocenters. The van der Waals surface area contributed by atoms with Crippen molar-refractivity contribution in [2.75, 3.05) is 24.3 Å². The van der Waals surface area contributed by atoms with Crippen LogP contribution in [-0.4, -0.2) is 20.1 Å². The molecule has 26 heavy (non-hydrogen) atoms. The molecule has 0 radical (unpaired) electrons. The van der Waals surface area contributed by atoms with Gasteiger partial charge in [0.2, 0.25) is 0 Å². The second kappa shape index (κ2) is 9.21. The molecule has 1 aliphatic carbocycles. The van der Waals surface area contributed by atoms with E-state index in [1.54, 1.807) is 11.0 Å². The SMILES string of the molecule is CN(C)c1ccc(CN=C(N)Nc2cccc3c2CCCC3)cc1F.I. The molecule has 1 aliphatic rings. The van der Waals surface area contributed by atoms with Crippen molar-refractivity contribution in [2.45, 2.75) is 32.2 Å². The molecule has 0 saturated heterocycles. The van der Waals surface area contributed by atoms with Gasteiger partial charge in [-0.3, -0.25) is 0 Å². The van der Waals surface area contributed by atoms with E-state index < -0.39 is 0 Å². The highest BCUT2D eigenvalue weighted by Gasteiger charge is 2.13. The molecule has 0 aliphatic heterocycles. The Morgan fingerprint density at radius 1 is 1.19 bits per heavy atom. The summed E-state index contributed by atoms with van der Waals surface area (Å²) in [4.78, 5) is 6.10. The zero-order valence-corrected chi connectivity index (χ0v) is 17.6. The predicted molar refractivity (Wildman–Crippen MR) is 118 cm³/mol. The fourth-order valence-electron chi connectivity index (χ4n) is 3.26. The van der Waals surface area contributed by atoms with E-state index in [2.05, 4.69) is 22.4 Å². The number of guanidine groups is 1. The Balaban J connectivity index is 0.00000243. The summed E-state index contributed by atoms with van der Waals surface area (Å²) in [6.45, 7) is 0.346. The molecule has 0 bridgehead atoms. The Morgan fingerprint density at radius 3 is 2.69 bits per heavy atom. The first-order valence-electron chi connectivity index (χ1n) is 8.68. The first-order chi connectivity index (χ1) is 12.0. The lowest BCUT2D eigenvalue weighted by atomic mass is 9.90. The highest BCUT2D eigenvalue weighted by molar-refractivity contribution is 14.0. The molecular formula is C20H26FIN4. The number of halogens is 2. The van der Waals surface area contributed by atoms with Crippen molar-refractivity contribution >= 4 is 41.3 Å². The van der Waals surface area contributed by atoms with Gasteiger partial charge in [-0.2, -0.15) is 0 Å². The number of aliphatic imine (C=N–C) groups is 1. The van der Waals surface area contributed by atoms with Gasteiger partial charge in [0.25, 0.3) is 0 Å². The molecule has 0 saturated carbocycles. The van der Waals surface area contributed by atoms with Gasteiger partial charge in [0.1, 0.15) is 5.82 Å². The van der Waals surface area contributed by atoms with E-state index in [1.165, 1.54) is 30.0 Å². The first kappa shape index (κ1) is 20.5. The van der Waals surface area contributed by atoms with Gasteiger partial charge >= 0.3 is 0 Å². The van der Waals surface area contributed by atoms with Crippen LogP contribution in [0.15, 0.2) is 41.4 Å². The van der Waals surface area contributed by atoms with Gasteiger partial charge < -0.3 is 16.0 Å². The lowest BCUT2D eigenvalue weighted by molar-refractivity contribution is 0.624. The number of aryl methyl sites for hydroxylation is 1. The van der Waals surface area contributed by atoms with Crippen LogP contribution in [0.5, 0.6) is 0 Å². The highest BCUT2D eigenvalue weighted by Crippen LogP contribution is 2.27. The molecule has 0 aromatic heterocycles. The van der Waals surface area contributed by atoms with Crippen LogP contribution in [0, 0.1) is 5.82 Å². The normalized spacial score (nSPS) is 13.6. The number of nitrogens with one attached hydrogen (secondary N) is 1. The molecule has 0 atom stereocenters. The lowest BCUT2D eigenvalue weighted by Gasteiger charge is -2.19. The zero-order chi connectivity index (χ0) is 17.8. The van der Waals surface area contributed by atoms with E-state index in [-0.39, 0.29) is 29.8 Å². The molecule has 2 aromatic rings. The number of nitrogens with zero attached hydrogens (tertiary/aromatic N) is 2. The maximum absolute atomic E-state index is 14.0. The van der Waals surface area contributed by atoms with Gasteiger partial charge in [-0.05, 0) is 60.6 Å². The van der Waals surface area contributed by atoms with E-state index in [4.69, 9.17) is 5.73 Å². The summed E-state index contributed by atoms with van der Waals surface area (Å²) >= 11 is 0. The third kappa shape index (κ3) is 4.87. The largest absolute Gasteiger partial charge is 0.375 e. The molecule has 0 fully saturated rings. The topological polar surface area (TPSA) is 53.6 Å². The van der Waals surface area contributed by atoms with Gasteiger partial charge in [0, 0.05) is 19.8 Å². The molecule has 3 rings (SSSR count). The average Bonchev–Trinajstić information content (AvgIpc) is 2.60. The van der Waals surface area contributed by atoms with Crippen LogP contribution in [0.3, 0.4) is 0 Å². The van der Waals surface area contributed by atoms with Crippen LogP contribution >= 0.6 is 24.0 Å². The van der Waals surface area contributed by atoms with E-state index in [0.29, 0.717) is 18.2 Å². The minimum absolute atomic E-state index is 0. The van der Waals surface area contributed by atoms with Gasteiger partial charge in [-0.15, -0.1) is 24.0 Å². The summed E-state index contributed by atoms with van der Waals surface area (Å²) in [6.07, 6.45) is 4.65. The molecule has 6 heteroatoms. The van der Waals surface area contributed by atoms with E-state index in [0.717, 1.165) is 24.1 Å². The minimum Gasteiger partial charge on any atom is -0.375 e. The van der Waals surface area contributed by atoms with Gasteiger partial charge in [-0.1, -0.05) is 18.2 Å². The van der Waals surface area contributed by atoms with Gasteiger partial charge in [-0.25, -0.2) is 9.38 Å². The Bertz CT molecular complexity index is 789. The fourth-order valence-corrected chi connectivity index (χ4v) is 3.26. The van der Waals surface area contributed by atoms with Gasteiger partial charge in [0.05, 0.1) is 12.2 Å². The van der Waals surface area contributed by atoms with Crippen LogP contribution in [0.4, 0.5) is 15.8 Å². The zero-order valence-electron chi connectivity index (χ0n) is 15.3. The molecule has 0 spiro atoms. The molecule has 4 nitrogen and oxygen atoms in total. The maximum atomic E-state index is 14.0. The monoisotopic (exact) mass is 468 g/mol. The van der Waals surface area contributed by atoms with Crippen LogP contribution in [0.1, 0.15) is 29.5 Å². The van der Waals surface area contributed by atoms with Crippen LogP contribution < -0.4 is 16.0 Å². The summed E-state index contributed by atoms with van der Waals surface area (Å²) in [7, 11) is 3.64. The molecule has 140 valence electrons. The third-order valence-corrected chi connectivity index (χ3v) is 4.58. The van der Waals surface area contributed by atoms with Crippen molar-refractivity contribution in [3.05, 3.63) is 58.9 Å². The molecule has 0 amide bonds. The summed E-state index contributed by atoms with van der Waals surface area (Å²) < 4.78 is 14.0. The van der Waals surface area contributed by atoms with Crippen molar-refractivity contribution in [1.29, 1.82) is 0 Å². The molecule has 3 N–H and O–H groups in total. The van der Waals surface area contributed by atoms with Crippen molar-refractivity contribution in [1.82, 2.24) is 0 Å². The van der Waals surface area contributed by atoms with E-state index in [9.17, 15) is 4.39 Å². The Hall–Kier alpha value is -1.83. The summed E-state index contributed by atoms with van der Waals surface area (Å²) in [5, 5.41) is 3.21. The highest BCUT2D eigenvalue weighted by atomic mass is 127. The summed E-state index contributed by atoms with van der Waals surface area (Å²) in [5.41, 5.74) is 11.2. The number of rotatable bonds is 4. The van der Waals surface area contributed by atoms with E-state index >= 15 is 0 Å². The lowest BCUT2D eigenvalue weighted by Crippen LogP contribution is -2.24. The number of hydrogen-bond acceptors (Lipinski definition) is 2. The van der Waals surface area contributed by atoms with Crippen LogP contribution in [0.2, 0.25) is 0 Å². The predicted octanol–water partition coefficient (Wildman–Crippen LogP) is 4.32. The maximum Gasteiger partial charge on any atom is 0.193 e. The van der Waals surface area contributed by atoms with Crippen molar-refractivity contribution in [2.24, 2.45) is 10.7 Å². The number of hydrogen-bond donors (Lipinski definition) is 2. The number of nitrogens with two attached hydrogens (primary N) is 1. The second-order valence-electron chi connectivity index (χ2n) is 6.66. The quantitative estimate of drug-likeness (QED) is 0.400. The van der Waals surface area contributed by atoms with Gasteiger partial charge in [0.15, 0.2) is 5.96 Å². The smallest absolute Gasteiger partial charge is 0.193 e. The number of benzene rings is 2. The fraction of sp³-hybridized carbons (Fsp3) is 0.350. The summed E-state index contributed by atoms with van der Waals surface area (Å²) in [6, 6.07) is 11.4. The second-order valence-corrected chi connectivity index (χ2v) is 6.66. The number of fused-ring (bicyclic) bond motifs is 1. The van der Waals surface area contributed by atoms with Crippen LogP contribution in [-0.2, 0) is 19.4 Å². The average molecular weight is 468 g/mol. The standard InChI is InChI=1S/C20H25FN4.HI/c1-25(2)19-11-10-14(12-17(19)21)13-23-20(22)24-18-9-5-7-15-6-3-4-8-16(15)18;/h5,7,9-12H,3-4,6,8,13H2,1-2H3,(H3,22,23,24);1H. The first-order valence-corrected chi connectivity index (χ1v) is 8.68. The molecule has 0 heterocycles. The van der Waals surface area contributed by atoms with Crippen molar-refractivity contribution in [3.63, 3.8) is 0 Å². The van der Waals surface area contributed by atoms with E-state index in [1.807, 2.05) is 26.2 Å². The Kier molecular flexibility index (Phi) is 7.25. The summed E-state index contributed by atoms with van der Waals surface area (Å²) in [5.74, 6) is 0.109. The molecule has 2 aromatic carbocycles. The Labute approximate surface area is 171 Å². The van der Waals surface area contributed by atoms with Crippen molar-refractivity contribution < 1.29 is 4.39 Å². The third-order valence-electron chi connectivity index (χ3n) is 4.58. The van der Waals surface area contributed by atoms with Crippen LogP contribution in [0.25, 0.3) is 0 Å². The number of anilines is 2. The van der Waals surface area contributed by atoms with Crippen molar-refractivity contribution in [3.8, 4) is 0 Å². The Morgan fingerprint density at radius 2 is 1.96 bits per heavy atom.